The second kappa shape index (κ2) is 4.35. The fraction of sp³-hybridized carbons (Fsp3) is 0.375. The van der Waals surface area contributed by atoms with Crippen LogP contribution < -0.4 is 10.2 Å². The van der Waals surface area contributed by atoms with E-state index in [-0.39, 0.29) is 17.5 Å². The molecule has 0 aliphatic carbocycles. The van der Waals surface area contributed by atoms with E-state index in [1.54, 1.807) is 13.8 Å². The topological polar surface area (TPSA) is 72.8 Å². The van der Waals surface area contributed by atoms with E-state index in [0.29, 0.717) is 17.7 Å². The lowest BCUT2D eigenvalue weighted by Gasteiger charge is -2.38. The van der Waals surface area contributed by atoms with Crippen LogP contribution in [0.1, 0.15) is 25.0 Å². The average molecular weight is 288 g/mol. The number of rotatable bonds is 0. The molecule has 1 aromatic carbocycles. The zero-order valence-electron chi connectivity index (χ0n) is 12.1. The molecule has 0 aromatic heterocycles. The molecule has 2 heterocycles. The molecule has 2 aliphatic heterocycles. The molecule has 0 radical (unpaired) electrons. The molecule has 0 amide bonds. The Bertz CT molecular complexity index is 734. The second-order valence-electron chi connectivity index (χ2n) is 5.69. The van der Waals surface area contributed by atoms with Crippen LogP contribution in [0.2, 0.25) is 0 Å². The summed E-state index contributed by atoms with van der Waals surface area (Å²) in [5, 5.41) is 9.66. The van der Waals surface area contributed by atoms with Gasteiger partial charge in [-0.2, -0.15) is 0 Å². The fourth-order valence-electron chi connectivity index (χ4n) is 2.86. The molecular formula is C16H16O5. The number of ether oxygens (including phenoxy) is 2. The molecule has 110 valence electrons. The van der Waals surface area contributed by atoms with E-state index >= 15 is 0 Å². The third-order valence-corrected chi connectivity index (χ3v) is 4.15. The van der Waals surface area contributed by atoms with E-state index in [0.717, 1.165) is 11.1 Å². The van der Waals surface area contributed by atoms with E-state index < -0.39 is 11.2 Å². The largest absolute Gasteiger partial charge is 0.504 e. The van der Waals surface area contributed by atoms with Crippen LogP contribution >= 0.6 is 0 Å². The maximum atomic E-state index is 12.4. The zero-order valence-corrected chi connectivity index (χ0v) is 12.1. The highest BCUT2D eigenvalue weighted by Crippen LogP contribution is 2.42. The molecule has 0 saturated heterocycles. The molecule has 0 bridgehead atoms. The number of ketones is 1. The van der Waals surface area contributed by atoms with Gasteiger partial charge >= 0.3 is 5.79 Å². The number of Topliss-reactive ketones (excluding diaryl/α,β-unsaturated/α-hetero) is 1. The molecule has 1 aromatic rings. The Morgan fingerprint density at radius 2 is 2.00 bits per heavy atom. The summed E-state index contributed by atoms with van der Waals surface area (Å²) in [5.41, 5.74) is 1.51. The van der Waals surface area contributed by atoms with Crippen molar-refractivity contribution in [1.29, 1.82) is 0 Å². The Morgan fingerprint density at radius 3 is 2.62 bits per heavy atom. The summed E-state index contributed by atoms with van der Waals surface area (Å²) in [6, 6.07) is 2.64. The molecule has 2 aliphatic rings. The molecule has 21 heavy (non-hydrogen) atoms. The van der Waals surface area contributed by atoms with Crippen LogP contribution in [0.15, 0.2) is 28.8 Å². The van der Waals surface area contributed by atoms with Crippen LogP contribution in [0.3, 0.4) is 0 Å². The van der Waals surface area contributed by atoms with Crippen molar-refractivity contribution in [1.82, 2.24) is 0 Å². The normalized spacial score (nSPS) is 26.9. The van der Waals surface area contributed by atoms with E-state index in [9.17, 15) is 14.7 Å². The number of carbonyl (C=O) groups excluding carboxylic acids is 1. The van der Waals surface area contributed by atoms with Crippen molar-refractivity contribution < 1.29 is 19.4 Å². The standard InChI is InChI=1S/C16H16O5/c1-8-4-12(17)13(18)6-14-11(8)5-10(3)16(21-14)15(19)9(2)7-20-16/h4,6-7,10H,5H2,1-3H3,(H,17,18)/t10-,16-/m0/s1. The average Bonchev–Trinajstić information content (AvgIpc) is 2.66. The molecule has 0 saturated carbocycles. The van der Waals surface area contributed by atoms with Gasteiger partial charge < -0.3 is 14.6 Å². The highest BCUT2D eigenvalue weighted by Gasteiger charge is 2.54. The predicted molar refractivity (Wildman–Crippen MR) is 75.2 cm³/mol. The molecule has 3 rings (SSSR count). The lowest BCUT2D eigenvalue weighted by molar-refractivity contribution is -0.184. The Morgan fingerprint density at radius 1 is 1.29 bits per heavy atom. The van der Waals surface area contributed by atoms with Gasteiger partial charge in [-0.05, 0) is 37.5 Å². The molecule has 0 fully saturated rings. The minimum absolute atomic E-state index is 0.204. The van der Waals surface area contributed by atoms with Crippen molar-refractivity contribution >= 4 is 5.78 Å². The summed E-state index contributed by atoms with van der Waals surface area (Å²) in [6.07, 6.45) is 1.93. The van der Waals surface area contributed by atoms with Crippen molar-refractivity contribution in [2.75, 3.05) is 0 Å². The van der Waals surface area contributed by atoms with E-state index in [2.05, 4.69) is 0 Å². The van der Waals surface area contributed by atoms with Crippen molar-refractivity contribution in [3.05, 3.63) is 45.3 Å². The maximum Gasteiger partial charge on any atom is 0.318 e. The van der Waals surface area contributed by atoms with Gasteiger partial charge in [-0.3, -0.25) is 9.59 Å². The lowest BCUT2D eigenvalue weighted by atomic mass is 9.85. The number of fused-ring (bicyclic) bond motifs is 1. The van der Waals surface area contributed by atoms with Crippen LogP contribution in [0.5, 0.6) is 11.5 Å². The summed E-state index contributed by atoms with van der Waals surface area (Å²) in [7, 11) is 0. The fourth-order valence-corrected chi connectivity index (χ4v) is 2.86. The monoisotopic (exact) mass is 288 g/mol. The summed E-state index contributed by atoms with van der Waals surface area (Å²) < 4.78 is 11.3. The minimum Gasteiger partial charge on any atom is -0.504 e. The number of carbonyl (C=O) groups is 1. The Labute approximate surface area is 121 Å². The van der Waals surface area contributed by atoms with Gasteiger partial charge in [-0.15, -0.1) is 0 Å². The summed E-state index contributed by atoms with van der Waals surface area (Å²) in [6.45, 7) is 5.34. The molecular weight excluding hydrogens is 272 g/mol. The zero-order chi connectivity index (χ0) is 15.4. The Hall–Kier alpha value is -2.30. The van der Waals surface area contributed by atoms with Crippen LogP contribution in [0.25, 0.3) is 0 Å². The number of aromatic hydroxyl groups is 1. The third-order valence-electron chi connectivity index (χ3n) is 4.15. The number of hydrogen-bond acceptors (Lipinski definition) is 5. The molecule has 1 spiro atoms. The lowest BCUT2D eigenvalue weighted by Crippen LogP contribution is -2.52. The van der Waals surface area contributed by atoms with Crippen LogP contribution in [-0.2, 0) is 16.0 Å². The van der Waals surface area contributed by atoms with Crippen LogP contribution in [0, 0.1) is 12.8 Å². The van der Waals surface area contributed by atoms with Gasteiger partial charge in [0.2, 0.25) is 11.2 Å². The SMILES string of the molecule is CC1=CO[C@@]2(Oc3cc(=O)c(O)cc(C)c3C[C@@H]2C)C1=O. The van der Waals surface area contributed by atoms with E-state index in [4.69, 9.17) is 9.47 Å². The summed E-state index contributed by atoms with van der Waals surface area (Å²) in [5.74, 6) is -1.85. The first-order chi connectivity index (χ1) is 9.85. The Kier molecular flexibility index (Phi) is 2.83. The van der Waals surface area contributed by atoms with Crippen molar-refractivity contribution in [2.24, 2.45) is 5.92 Å². The van der Waals surface area contributed by atoms with Crippen LogP contribution in [-0.4, -0.2) is 16.7 Å². The first-order valence-corrected chi connectivity index (χ1v) is 6.80. The minimum atomic E-state index is -1.39. The van der Waals surface area contributed by atoms with Gasteiger partial charge in [0, 0.05) is 17.6 Å². The van der Waals surface area contributed by atoms with Gasteiger partial charge in [0.15, 0.2) is 5.75 Å². The first kappa shape index (κ1) is 13.7. The number of hydrogen-bond donors (Lipinski definition) is 1. The highest BCUT2D eigenvalue weighted by molar-refractivity contribution is 6.02. The molecule has 2 atom stereocenters. The van der Waals surface area contributed by atoms with Crippen molar-refractivity contribution in [3.63, 3.8) is 0 Å². The van der Waals surface area contributed by atoms with Gasteiger partial charge in [0.05, 0.1) is 6.26 Å². The van der Waals surface area contributed by atoms with E-state index in [1.807, 2.05) is 6.92 Å². The predicted octanol–water partition coefficient (Wildman–Crippen LogP) is 1.83. The van der Waals surface area contributed by atoms with Gasteiger partial charge in [-0.25, -0.2) is 0 Å². The highest BCUT2D eigenvalue weighted by atomic mass is 16.7. The second-order valence-corrected chi connectivity index (χ2v) is 5.69. The van der Waals surface area contributed by atoms with Crippen molar-refractivity contribution in [2.45, 2.75) is 33.0 Å². The molecule has 5 heteroatoms. The summed E-state index contributed by atoms with van der Waals surface area (Å²) >= 11 is 0. The van der Waals surface area contributed by atoms with Crippen LogP contribution in [0.4, 0.5) is 0 Å². The van der Waals surface area contributed by atoms with Crippen molar-refractivity contribution in [3.8, 4) is 11.5 Å². The summed E-state index contributed by atoms with van der Waals surface area (Å²) in [4.78, 5) is 24.2. The van der Waals surface area contributed by atoms with E-state index in [1.165, 1.54) is 18.4 Å². The molecule has 5 nitrogen and oxygen atoms in total. The maximum absolute atomic E-state index is 12.4. The van der Waals surface area contributed by atoms with Gasteiger partial charge in [0.1, 0.15) is 5.75 Å². The smallest absolute Gasteiger partial charge is 0.318 e. The van der Waals surface area contributed by atoms with Gasteiger partial charge in [-0.1, -0.05) is 6.92 Å². The first-order valence-electron chi connectivity index (χ1n) is 6.80. The molecule has 0 unspecified atom stereocenters. The Balaban J connectivity index is 2.17. The quantitative estimate of drug-likeness (QED) is 0.788. The van der Waals surface area contributed by atoms with Gasteiger partial charge in [0.25, 0.3) is 0 Å². The third kappa shape index (κ3) is 1.84. The molecule has 1 N–H and O–H groups in total. The number of aryl methyl sites for hydroxylation is 1.